The third kappa shape index (κ3) is 3.49. The van der Waals surface area contributed by atoms with Gasteiger partial charge in [0.1, 0.15) is 0 Å². The van der Waals surface area contributed by atoms with Gasteiger partial charge in [-0.3, -0.25) is 0 Å². The van der Waals surface area contributed by atoms with Gasteiger partial charge in [0.15, 0.2) is 0 Å². The molecule has 0 aliphatic rings. The topological polar surface area (TPSA) is 9.23 Å². The van der Waals surface area contributed by atoms with E-state index in [9.17, 15) is 0 Å². The Kier molecular flexibility index (Phi) is 3.82. The Morgan fingerprint density at radius 2 is 1.86 bits per heavy atom. The number of rotatable bonds is 2. The lowest BCUT2D eigenvalue weighted by atomic mass is 10.2. The zero-order valence-electron chi connectivity index (χ0n) is 8.60. The van der Waals surface area contributed by atoms with E-state index < -0.39 is 0 Å². The summed E-state index contributed by atoms with van der Waals surface area (Å²) >= 11 is 11.9. The molecule has 1 aromatic carbocycles. The average molecular weight is 233 g/mol. The number of benzene rings is 1. The van der Waals surface area contributed by atoms with Crippen LogP contribution in [0.15, 0.2) is 18.2 Å². The number of ether oxygens (including phenoxy) is 1. The van der Waals surface area contributed by atoms with Crippen molar-refractivity contribution in [1.82, 2.24) is 0 Å². The minimum absolute atomic E-state index is 0.161. The summed E-state index contributed by atoms with van der Waals surface area (Å²) < 4.78 is 5.61. The molecule has 0 aliphatic carbocycles. The molecule has 0 atom stereocenters. The Hall–Kier alpha value is -0.240. The van der Waals surface area contributed by atoms with E-state index >= 15 is 0 Å². The fourth-order valence-electron chi connectivity index (χ4n) is 0.954. The van der Waals surface area contributed by atoms with Crippen LogP contribution in [0.3, 0.4) is 0 Å². The Balaban J connectivity index is 2.73. The Morgan fingerprint density at radius 1 is 1.21 bits per heavy atom. The number of hydrogen-bond donors (Lipinski definition) is 0. The van der Waals surface area contributed by atoms with Crippen LogP contribution in [-0.4, -0.2) is 5.60 Å². The molecule has 78 valence electrons. The van der Waals surface area contributed by atoms with Crippen LogP contribution in [0.5, 0.6) is 0 Å². The van der Waals surface area contributed by atoms with Crippen LogP contribution in [-0.2, 0) is 11.3 Å². The molecule has 1 rings (SSSR count). The van der Waals surface area contributed by atoms with E-state index in [4.69, 9.17) is 27.9 Å². The molecule has 0 spiro atoms. The minimum atomic E-state index is -0.161. The van der Waals surface area contributed by atoms with Crippen LogP contribution in [0.2, 0.25) is 10.0 Å². The summed E-state index contributed by atoms with van der Waals surface area (Å²) in [6.07, 6.45) is 0. The highest BCUT2D eigenvalue weighted by Gasteiger charge is 2.12. The highest BCUT2D eigenvalue weighted by Crippen LogP contribution is 2.26. The van der Waals surface area contributed by atoms with Gasteiger partial charge in [0, 0.05) is 0 Å². The van der Waals surface area contributed by atoms with Gasteiger partial charge in [-0.2, -0.15) is 0 Å². The predicted octanol–water partition coefficient (Wildman–Crippen LogP) is 4.31. The van der Waals surface area contributed by atoms with Crippen LogP contribution in [0.25, 0.3) is 0 Å². The zero-order valence-corrected chi connectivity index (χ0v) is 10.1. The molecule has 1 nitrogen and oxygen atoms in total. The molecule has 0 bridgehead atoms. The molecule has 0 radical (unpaired) electrons. The second-order valence-corrected chi connectivity index (χ2v) is 4.90. The molecule has 0 unspecified atom stereocenters. The van der Waals surface area contributed by atoms with Gasteiger partial charge >= 0.3 is 0 Å². The second-order valence-electron chi connectivity index (χ2n) is 4.11. The summed E-state index contributed by atoms with van der Waals surface area (Å²) in [5.41, 5.74) is 0.764. The predicted molar refractivity (Wildman–Crippen MR) is 61.0 cm³/mol. The highest BCUT2D eigenvalue weighted by atomic mass is 35.5. The van der Waals surface area contributed by atoms with E-state index in [0.29, 0.717) is 16.7 Å². The minimum Gasteiger partial charge on any atom is -0.371 e. The van der Waals surface area contributed by atoms with Crippen molar-refractivity contribution in [2.24, 2.45) is 0 Å². The van der Waals surface area contributed by atoms with E-state index in [1.165, 1.54) is 0 Å². The van der Waals surface area contributed by atoms with Gasteiger partial charge in [-0.05, 0) is 32.4 Å². The molecule has 1 aromatic rings. The van der Waals surface area contributed by atoms with E-state index in [2.05, 4.69) is 0 Å². The Morgan fingerprint density at radius 3 is 2.43 bits per heavy atom. The van der Waals surface area contributed by atoms with Crippen LogP contribution in [0.1, 0.15) is 26.3 Å². The third-order valence-electron chi connectivity index (χ3n) is 1.69. The average Bonchev–Trinajstić information content (AvgIpc) is 2.06. The van der Waals surface area contributed by atoms with Crippen molar-refractivity contribution in [2.75, 3.05) is 0 Å². The number of halogens is 2. The van der Waals surface area contributed by atoms with Crippen LogP contribution in [0.4, 0.5) is 0 Å². The maximum atomic E-state index is 6.01. The maximum Gasteiger partial charge on any atom is 0.0739 e. The van der Waals surface area contributed by atoms with E-state index in [-0.39, 0.29) is 5.60 Å². The monoisotopic (exact) mass is 232 g/mol. The SMILES string of the molecule is CC(C)(C)OCc1cccc(Cl)c1Cl. The fourth-order valence-corrected chi connectivity index (χ4v) is 1.33. The lowest BCUT2D eigenvalue weighted by Gasteiger charge is -2.20. The van der Waals surface area contributed by atoms with Gasteiger partial charge < -0.3 is 4.74 Å². The Bertz CT molecular complexity index is 316. The molecular weight excluding hydrogens is 219 g/mol. The van der Waals surface area contributed by atoms with E-state index in [1.54, 1.807) is 6.07 Å². The normalized spacial score (nSPS) is 11.8. The van der Waals surface area contributed by atoms with Crippen molar-refractivity contribution in [3.05, 3.63) is 33.8 Å². The van der Waals surface area contributed by atoms with E-state index in [1.807, 2.05) is 32.9 Å². The van der Waals surface area contributed by atoms with Crippen LogP contribution in [0, 0.1) is 0 Å². The Labute approximate surface area is 95.0 Å². The molecule has 0 N–H and O–H groups in total. The molecule has 3 heteroatoms. The summed E-state index contributed by atoms with van der Waals surface area (Å²) in [6, 6.07) is 5.56. The second kappa shape index (κ2) is 4.52. The summed E-state index contributed by atoms with van der Waals surface area (Å²) in [6.45, 7) is 6.51. The molecule has 0 fully saturated rings. The van der Waals surface area contributed by atoms with Crippen molar-refractivity contribution in [3.8, 4) is 0 Å². The summed E-state index contributed by atoms with van der Waals surface area (Å²) in [5.74, 6) is 0. The molecule has 0 amide bonds. The lowest BCUT2D eigenvalue weighted by molar-refractivity contribution is -0.0149. The molecule has 0 saturated heterocycles. The first kappa shape index (κ1) is 11.8. The molecular formula is C11H14Cl2O. The molecule has 0 aromatic heterocycles. The smallest absolute Gasteiger partial charge is 0.0739 e. The number of hydrogen-bond acceptors (Lipinski definition) is 1. The quantitative estimate of drug-likeness (QED) is 0.739. The van der Waals surface area contributed by atoms with Crippen molar-refractivity contribution in [1.29, 1.82) is 0 Å². The van der Waals surface area contributed by atoms with Crippen LogP contribution >= 0.6 is 23.2 Å². The van der Waals surface area contributed by atoms with Crippen molar-refractivity contribution >= 4 is 23.2 Å². The summed E-state index contributed by atoms with van der Waals surface area (Å²) in [7, 11) is 0. The van der Waals surface area contributed by atoms with Gasteiger partial charge in [0.25, 0.3) is 0 Å². The van der Waals surface area contributed by atoms with Gasteiger partial charge in [-0.15, -0.1) is 0 Å². The van der Waals surface area contributed by atoms with E-state index in [0.717, 1.165) is 5.56 Å². The first-order chi connectivity index (χ1) is 6.40. The lowest BCUT2D eigenvalue weighted by Crippen LogP contribution is -2.18. The highest BCUT2D eigenvalue weighted by molar-refractivity contribution is 6.42. The van der Waals surface area contributed by atoms with Gasteiger partial charge in [-0.25, -0.2) is 0 Å². The van der Waals surface area contributed by atoms with Gasteiger partial charge in [-0.1, -0.05) is 35.3 Å². The standard InChI is InChI=1S/C11H14Cl2O/c1-11(2,3)14-7-8-5-4-6-9(12)10(8)13/h4-6H,7H2,1-3H3. The largest absolute Gasteiger partial charge is 0.371 e. The van der Waals surface area contributed by atoms with Crippen LogP contribution < -0.4 is 0 Å². The first-order valence-electron chi connectivity index (χ1n) is 4.47. The third-order valence-corrected chi connectivity index (χ3v) is 2.55. The van der Waals surface area contributed by atoms with Crippen molar-refractivity contribution in [2.45, 2.75) is 33.0 Å². The fraction of sp³-hybridized carbons (Fsp3) is 0.455. The molecule has 14 heavy (non-hydrogen) atoms. The zero-order chi connectivity index (χ0) is 10.8. The first-order valence-corrected chi connectivity index (χ1v) is 5.22. The van der Waals surface area contributed by atoms with Gasteiger partial charge in [0.05, 0.1) is 22.3 Å². The molecule has 0 saturated carbocycles. The van der Waals surface area contributed by atoms with Gasteiger partial charge in [0.2, 0.25) is 0 Å². The molecule has 0 heterocycles. The van der Waals surface area contributed by atoms with Crippen molar-refractivity contribution in [3.63, 3.8) is 0 Å². The van der Waals surface area contributed by atoms with Crippen molar-refractivity contribution < 1.29 is 4.74 Å². The summed E-state index contributed by atoms with van der Waals surface area (Å²) in [5, 5.41) is 1.15. The molecule has 0 aliphatic heterocycles. The summed E-state index contributed by atoms with van der Waals surface area (Å²) in [4.78, 5) is 0. The maximum absolute atomic E-state index is 6.01.